The van der Waals surface area contributed by atoms with Gasteiger partial charge in [0.25, 0.3) is 5.56 Å². The number of hydrogen-bond acceptors (Lipinski definition) is 5. The summed E-state index contributed by atoms with van der Waals surface area (Å²) in [5.41, 5.74) is 3.75. The van der Waals surface area contributed by atoms with Crippen LogP contribution in [0.1, 0.15) is 29.2 Å². The molecule has 6 heteroatoms. The Morgan fingerprint density at radius 2 is 2.14 bits per heavy atom. The molecular formula is C22H24N4O2. The molecular weight excluding hydrogens is 352 g/mol. The van der Waals surface area contributed by atoms with E-state index in [0.717, 1.165) is 37.5 Å². The number of aromatic nitrogens is 3. The topological polar surface area (TPSA) is 71.1 Å². The summed E-state index contributed by atoms with van der Waals surface area (Å²) < 4.78 is 5.54. The van der Waals surface area contributed by atoms with Gasteiger partial charge in [0, 0.05) is 36.8 Å². The third-order valence-electron chi connectivity index (χ3n) is 5.20. The van der Waals surface area contributed by atoms with E-state index in [1.165, 1.54) is 11.1 Å². The van der Waals surface area contributed by atoms with E-state index >= 15 is 0 Å². The molecule has 0 radical (unpaired) electrons. The lowest BCUT2D eigenvalue weighted by Gasteiger charge is -2.18. The lowest BCUT2D eigenvalue weighted by Crippen LogP contribution is -2.21. The maximum atomic E-state index is 12.2. The molecule has 3 aromatic rings. The van der Waals surface area contributed by atoms with Crippen molar-refractivity contribution in [1.29, 1.82) is 0 Å². The number of nitrogens with zero attached hydrogens (tertiary/aromatic N) is 3. The predicted octanol–water partition coefficient (Wildman–Crippen LogP) is 3.14. The Balaban J connectivity index is 1.52. The zero-order chi connectivity index (χ0) is 19.5. The molecule has 1 N–H and O–H groups in total. The summed E-state index contributed by atoms with van der Waals surface area (Å²) in [6.45, 7) is 4.73. The van der Waals surface area contributed by atoms with Gasteiger partial charge in [0.1, 0.15) is 11.4 Å². The molecule has 144 valence electrons. The second-order valence-electron chi connectivity index (χ2n) is 7.27. The fraction of sp³-hybridized carbons (Fsp3) is 0.318. The van der Waals surface area contributed by atoms with E-state index < -0.39 is 0 Å². The number of methoxy groups -OCH3 is 1. The SMILES string of the molecule is COc1cc(C)ccc1CN1CC[C@H](c2cc(=O)[nH]c(-c3ccccn3)n2)C1. The summed E-state index contributed by atoms with van der Waals surface area (Å²) in [5.74, 6) is 1.69. The van der Waals surface area contributed by atoms with Gasteiger partial charge >= 0.3 is 0 Å². The van der Waals surface area contributed by atoms with E-state index in [9.17, 15) is 4.79 Å². The maximum absolute atomic E-state index is 12.2. The van der Waals surface area contributed by atoms with Crippen molar-refractivity contribution in [3.8, 4) is 17.3 Å². The summed E-state index contributed by atoms with van der Waals surface area (Å²) in [7, 11) is 1.71. The number of aromatic amines is 1. The number of benzene rings is 1. The molecule has 4 rings (SSSR count). The second-order valence-corrected chi connectivity index (χ2v) is 7.27. The van der Waals surface area contributed by atoms with Crippen LogP contribution >= 0.6 is 0 Å². The molecule has 0 unspecified atom stereocenters. The van der Waals surface area contributed by atoms with Crippen molar-refractivity contribution in [2.24, 2.45) is 0 Å². The van der Waals surface area contributed by atoms with Gasteiger partial charge in [0.15, 0.2) is 5.82 Å². The number of likely N-dealkylation sites (tertiary alicyclic amines) is 1. The monoisotopic (exact) mass is 376 g/mol. The third-order valence-corrected chi connectivity index (χ3v) is 5.20. The van der Waals surface area contributed by atoms with Crippen molar-refractivity contribution in [2.75, 3.05) is 20.2 Å². The zero-order valence-corrected chi connectivity index (χ0v) is 16.2. The molecule has 1 aliphatic heterocycles. The van der Waals surface area contributed by atoms with E-state index in [4.69, 9.17) is 9.72 Å². The molecule has 2 aromatic heterocycles. The number of ether oxygens (including phenoxy) is 1. The molecule has 3 heterocycles. The highest BCUT2D eigenvalue weighted by Crippen LogP contribution is 2.29. The summed E-state index contributed by atoms with van der Waals surface area (Å²) in [6, 6.07) is 13.5. The van der Waals surface area contributed by atoms with Crippen molar-refractivity contribution in [1.82, 2.24) is 19.9 Å². The Morgan fingerprint density at radius 1 is 1.25 bits per heavy atom. The number of hydrogen-bond donors (Lipinski definition) is 1. The van der Waals surface area contributed by atoms with Crippen LogP contribution in [0.5, 0.6) is 5.75 Å². The Kier molecular flexibility index (Phi) is 5.21. The van der Waals surface area contributed by atoms with Crippen LogP contribution in [0.4, 0.5) is 0 Å². The first-order chi connectivity index (χ1) is 13.6. The van der Waals surface area contributed by atoms with Crippen molar-refractivity contribution < 1.29 is 4.74 Å². The number of nitrogens with one attached hydrogen (secondary N) is 1. The van der Waals surface area contributed by atoms with Crippen LogP contribution in [0.3, 0.4) is 0 Å². The Labute approximate surface area is 164 Å². The summed E-state index contributed by atoms with van der Waals surface area (Å²) in [4.78, 5) is 26.4. The van der Waals surface area contributed by atoms with E-state index in [-0.39, 0.29) is 11.5 Å². The van der Waals surface area contributed by atoms with Gasteiger partial charge in [-0.3, -0.25) is 14.7 Å². The first kappa shape index (κ1) is 18.4. The van der Waals surface area contributed by atoms with Gasteiger partial charge in [0.2, 0.25) is 0 Å². The normalized spacial score (nSPS) is 17.0. The Hall–Kier alpha value is -2.99. The first-order valence-corrected chi connectivity index (χ1v) is 9.51. The second kappa shape index (κ2) is 7.94. The first-order valence-electron chi connectivity index (χ1n) is 9.51. The lowest BCUT2D eigenvalue weighted by atomic mass is 10.0. The van der Waals surface area contributed by atoms with E-state index in [0.29, 0.717) is 11.5 Å². The van der Waals surface area contributed by atoms with E-state index in [1.807, 2.05) is 18.2 Å². The van der Waals surface area contributed by atoms with E-state index in [2.05, 4.69) is 40.0 Å². The van der Waals surface area contributed by atoms with Crippen LogP contribution < -0.4 is 10.3 Å². The molecule has 28 heavy (non-hydrogen) atoms. The Morgan fingerprint density at radius 3 is 2.93 bits per heavy atom. The van der Waals surface area contributed by atoms with Gasteiger partial charge in [-0.2, -0.15) is 0 Å². The molecule has 1 saturated heterocycles. The lowest BCUT2D eigenvalue weighted by molar-refractivity contribution is 0.316. The fourth-order valence-electron chi connectivity index (χ4n) is 3.75. The predicted molar refractivity (Wildman–Crippen MR) is 108 cm³/mol. The minimum Gasteiger partial charge on any atom is -0.496 e. The summed E-state index contributed by atoms with van der Waals surface area (Å²) >= 11 is 0. The Bertz CT molecular complexity index is 1020. The van der Waals surface area contributed by atoms with Crippen LogP contribution in [-0.4, -0.2) is 40.1 Å². The van der Waals surface area contributed by atoms with Gasteiger partial charge in [-0.1, -0.05) is 18.2 Å². The molecule has 0 saturated carbocycles. The number of rotatable bonds is 5. The standard InChI is InChI=1S/C22H24N4O2/c1-15-6-7-17(20(11-15)28-2)14-26-10-8-16(13-26)19-12-21(27)25-22(24-19)18-5-3-4-9-23-18/h3-7,9,11-12,16H,8,10,13-14H2,1-2H3,(H,24,25,27)/t16-/m0/s1. The minimum atomic E-state index is -0.135. The third kappa shape index (κ3) is 3.97. The molecule has 0 amide bonds. The van der Waals surface area contributed by atoms with Crippen LogP contribution in [0.25, 0.3) is 11.5 Å². The summed E-state index contributed by atoms with van der Waals surface area (Å²) in [5, 5.41) is 0. The zero-order valence-electron chi connectivity index (χ0n) is 16.2. The van der Waals surface area contributed by atoms with Gasteiger partial charge in [0.05, 0.1) is 12.8 Å². The number of aryl methyl sites for hydroxylation is 1. The molecule has 1 aromatic carbocycles. The molecule has 1 aliphatic rings. The average Bonchev–Trinajstić information content (AvgIpc) is 3.18. The largest absolute Gasteiger partial charge is 0.496 e. The fourth-order valence-corrected chi connectivity index (χ4v) is 3.75. The van der Waals surface area contributed by atoms with Crippen LogP contribution in [0, 0.1) is 6.92 Å². The van der Waals surface area contributed by atoms with E-state index in [1.54, 1.807) is 19.4 Å². The van der Waals surface area contributed by atoms with Gasteiger partial charge < -0.3 is 9.72 Å². The number of H-pyrrole nitrogens is 1. The molecule has 0 aliphatic carbocycles. The molecule has 1 atom stereocenters. The molecule has 6 nitrogen and oxygen atoms in total. The van der Waals surface area contributed by atoms with Crippen LogP contribution in [0.15, 0.2) is 53.5 Å². The van der Waals surface area contributed by atoms with Crippen LogP contribution in [-0.2, 0) is 6.54 Å². The average molecular weight is 376 g/mol. The van der Waals surface area contributed by atoms with Gasteiger partial charge in [-0.15, -0.1) is 0 Å². The number of pyridine rings is 1. The quantitative estimate of drug-likeness (QED) is 0.741. The highest BCUT2D eigenvalue weighted by molar-refractivity contribution is 5.48. The summed E-state index contributed by atoms with van der Waals surface area (Å²) in [6.07, 6.45) is 2.68. The molecule has 0 spiro atoms. The van der Waals surface area contributed by atoms with Crippen LogP contribution in [0.2, 0.25) is 0 Å². The highest BCUT2D eigenvalue weighted by Gasteiger charge is 2.26. The van der Waals surface area contributed by atoms with Gasteiger partial charge in [-0.25, -0.2) is 4.98 Å². The highest BCUT2D eigenvalue weighted by atomic mass is 16.5. The van der Waals surface area contributed by atoms with Crippen molar-refractivity contribution in [2.45, 2.75) is 25.8 Å². The molecule has 0 bridgehead atoms. The van der Waals surface area contributed by atoms with Crippen molar-refractivity contribution in [3.63, 3.8) is 0 Å². The minimum absolute atomic E-state index is 0.135. The molecule has 1 fully saturated rings. The van der Waals surface area contributed by atoms with Gasteiger partial charge in [-0.05, 0) is 43.7 Å². The maximum Gasteiger partial charge on any atom is 0.251 e. The van der Waals surface area contributed by atoms with Crippen molar-refractivity contribution >= 4 is 0 Å². The van der Waals surface area contributed by atoms with Crippen molar-refractivity contribution in [3.05, 3.63) is 75.8 Å². The smallest absolute Gasteiger partial charge is 0.251 e.